The molecule has 0 saturated heterocycles. The van der Waals surface area contributed by atoms with Gasteiger partial charge in [0.25, 0.3) is 0 Å². The predicted octanol–water partition coefficient (Wildman–Crippen LogP) is 6.06. The van der Waals surface area contributed by atoms with Gasteiger partial charge in [-0.25, -0.2) is 9.78 Å². The van der Waals surface area contributed by atoms with Gasteiger partial charge in [-0.05, 0) is 61.9 Å². The van der Waals surface area contributed by atoms with Crippen molar-refractivity contribution >= 4 is 69.0 Å². The third kappa shape index (κ3) is 6.35. The highest BCUT2D eigenvalue weighted by Crippen LogP contribution is 2.31. The number of carbonyl (C=O) groups excluding carboxylic acids is 2. The number of hydrogen-bond donors (Lipinski definition) is 3. The molecular formula is C19H21ClIN4O3P. The van der Waals surface area contributed by atoms with Crippen molar-refractivity contribution in [3.63, 3.8) is 0 Å². The van der Waals surface area contributed by atoms with E-state index in [4.69, 9.17) is 21.7 Å². The number of nitrogens with zero attached hydrogens (tertiary/aromatic N) is 1. The molecule has 29 heavy (non-hydrogen) atoms. The number of carbonyl (C=O) groups is 2. The van der Waals surface area contributed by atoms with Crippen molar-refractivity contribution < 1.29 is 14.3 Å². The number of pyridine rings is 1. The molecule has 1 aromatic heterocycles. The lowest BCUT2D eigenvalue weighted by Gasteiger charge is -2.20. The summed E-state index contributed by atoms with van der Waals surface area (Å²) in [4.78, 5) is 29.6. The number of ketones is 1. The van der Waals surface area contributed by atoms with Crippen LogP contribution in [0.1, 0.15) is 49.3 Å². The number of amides is 1. The Hall–Kier alpha value is -1.77. The third-order valence-corrected chi connectivity index (χ3v) is 4.95. The van der Waals surface area contributed by atoms with Crippen molar-refractivity contribution in [3.05, 3.63) is 52.3 Å². The Kier molecular flexibility index (Phi) is 7.96. The van der Waals surface area contributed by atoms with Crippen LogP contribution in [-0.4, -0.2) is 28.2 Å². The Balaban J connectivity index is 2.51. The second-order valence-corrected chi connectivity index (χ2v) is 9.57. The van der Waals surface area contributed by atoms with Gasteiger partial charge in [-0.15, -0.1) is 0 Å². The van der Waals surface area contributed by atoms with Gasteiger partial charge < -0.3 is 15.2 Å². The zero-order valence-electron chi connectivity index (χ0n) is 16.3. The van der Waals surface area contributed by atoms with Crippen LogP contribution in [0.3, 0.4) is 0 Å². The van der Waals surface area contributed by atoms with Crippen molar-refractivity contribution in [3.8, 4) is 0 Å². The van der Waals surface area contributed by atoms with E-state index in [-0.39, 0.29) is 22.1 Å². The van der Waals surface area contributed by atoms with E-state index in [2.05, 4.69) is 37.4 Å². The molecule has 1 unspecified atom stereocenters. The average Bonchev–Trinajstić information content (AvgIpc) is 2.59. The van der Waals surface area contributed by atoms with E-state index in [9.17, 15) is 9.59 Å². The summed E-state index contributed by atoms with van der Waals surface area (Å²) in [6.07, 6.45) is 0.985. The molecule has 7 nitrogen and oxygen atoms in total. The molecule has 0 bridgehead atoms. The Morgan fingerprint density at radius 3 is 2.55 bits per heavy atom. The van der Waals surface area contributed by atoms with Crippen molar-refractivity contribution in [2.75, 3.05) is 10.4 Å². The quantitative estimate of drug-likeness (QED) is 0.177. The standard InChI is InChI=1S/C19H21ClIN4O3P/c1-10(22)15-12(6-5-7-13(15)25-29-21)17(26)16-14(8-11(20)9-23-16)24-18(27)28-19(2,3)4/h5-9,22,25,29H,1-4H3,(H,24,27). The normalized spacial score (nSPS) is 11.4. The molecule has 2 rings (SSSR count). The lowest BCUT2D eigenvalue weighted by molar-refractivity contribution is 0.0636. The van der Waals surface area contributed by atoms with E-state index >= 15 is 0 Å². The van der Waals surface area contributed by atoms with Crippen LogP contribution in [0.25, 0.3) is 0 Å². The molecule has 0 fully saturated rings. The molecule has 154 valence electrons. The van der Waals surface area contributed by atoms with Gasteiger partial charge in [-0.3, -0.25) is 10.1 Å². The van der Waals surface area contributed by atoms with Gasteiger partial charge >= 0.3 is 6.09 Å². The monoisotopic (exact) mass is 546 g/mol. The summed E-state index contributed by atoms with van der Waals surface area (Å²) in [7, 11) is 0. The molecule has 0 spiro atoms. The molecule has 3 N–H and O–H groups in total. The zero-order valence-corrected chi connectivity index (χ0v) is 20.2. The molecule has 1 amide bonds. The number of anilines is 2. The van der Waals surface area contributed by atoms with Crippen LogP contribution in [0.2, 0.25) is 5.02 Å². The fourth-order valence-corrected chi connectivity index (χ4v) is 3.90. The highest BCUT2D eigenvalue weighted by molar-refractivity contribution is 14.2. The van der Waals surface area contributed by atoms with Crippen molar-refractivity contribution in [2.24, 2.45) is 0 Å². The maximum atomic E-state index is 13.3. The number of nitrogens with one attached hydrogen (secondary N) is 3. The van der Waals surface area contributed by atoms with Crippen LogP contribution in [0.5, 0.6) is 0 Å². The molecule has 0 aliphatic rings. The van der Waals surface area contributed by atoms with Crippen LogP contribution in [0.4, 0.5) is 16.2 Å². The molecule has 1 aromatic carbocycles. The Morgan fingerprint density at radius 1 is 1.28 bits per heavy atom. The van der Waals surface area contributed by atoms with Crippen LogP contribution in [-0.2, 0) is 4.74 Å². The summed E-state index contributed by atoms with van der Waals surface area (Å²) in [5.74, 6) is -0.435. The second kappa shape index (κ2) is 9.82. The van der Waals surface area contributed by atoms with Crippen molar-refractivity contribution in [2.45, 2.75) is 33.3 Å². The molecule has 1 atom stereocenters. The number of rotatable bonds is 6. The molecule has 0 radical (unpaired) electrons. The second-order valence-electron chi connectivity index (χ2n) is 7.08. The number of halogens is 2. The van der Waals surface area contributed by atoms with Gasteiger partial charge in [0.1, 0.15) is 11.3 Å². The van der Waals surface area contributed by atoms with E-state index in [0.29, 0.717) is 23.2 Å². The summed E-state index contributed by atoms with van der Waals surface area (Å²) in [5, 5.41) is 14.1. The minimum atomic E-state index is -0.722. The smallest absolute Gasteiger partial charge is 0.412 e. The first-order chi connectivity index (χ1) is 13.5. The molecule has 10 heteroatoms. The van der Waals surface area contributed by atoms with E-state index in [1.807, 2.05) is 6.07 Å². The van der Waals surface area contributed by atoms with Crippen molar-refractivity contribution in [1.29, 1.82) is 5.41 Å². The Bertz CT molecular complexity index is 963. The fraction of sp³-hybridized carbons (Fsp3) is 0.263. The number of ether oxygens (including phenoxy) is 1. The third-order valence-electron chi connectivity index (χ3n) is 3.57. The van der Waals surface area contributed by atoms with Gasteiger partial charge in [-0.2, -0.15) is 0 Å². The van der Waals surface area contributed by atoms with Crippen LogP contribution >= 0.6 is 40.0 Å². The van der Waals surface area contributed by atoms with Gasteiger partial charge in [0.05, 0.1) is 10.7 Å². The summed E-state index contributed by atoms with van der Waals surface area (Å²) in [5.41, 5.74) is 1.16. The van der Waals surface area contributed by atoms with Crippen LogP contribution in [0.15, 0.2) is 30.5 Å². The molecule has 1 heterocycles. The summed E-state index contributed by atoms with van der Waals surface area (Å²) in [6.45, 7) is 6.82. The molecule has 0 aliphatic carbocycles. The molecule has 2 aromatic rings. The number of aromatic nitrogens is 1. The first-order valence-electron chi connectivity index (χ1n) is 8.54. The van der Waals surface area contributed by atoms with E-state index in [1.165, 1.54) is 12.3 Å². The average molecular weight is 547 g/mol. The summed E-state index contributed by atoms with van der Waals surface area (Å²) in [6, 6.07) is 6.61. The maximum absolute atomic E-state index is 13.3. The Labute approximate surface area is 189 Å². The topological polar surface area (TPSA) is 104 Å². The lowest BCUT2D eigenvalue weighted by Crippen LogP contribution is -2.28. The van der Waals surface area contributed by atoms with Crippen LogP contribution < -0.4 is 10.4 Å². The SMILES string of the molecule is CC(=N)c1c(NPI)cccc1C(=O)c1ncc(Cl)cc1NC(=O)OC(C)(C)C. The van der Waals surface area contributed by atoms with E-state index in [0.717, 1.165) is 0 Å². The highest BCUT2D eigenvalue weighted by Gasteiger charge is 2.24. The molecule has 0 saturated carbocycles. The molecule has 0 aliphatic heterocycles. The van der Waals surface area contributed by atoms with Gasteiger partial charge in [0.15, 0.2) is 0 Å². The maximum Gasteiger partial charge on any atom is 0.412 e. The largest absolute Gasteiger partial charge is 0.444 e. The van der Waals surface area contributed by atoms with Crippen molar-refractivity contribution in [1.82, 2.24) is 4.98 Å². The minimum absolute atomic E-state index is 0.0110. The van der Waals surface area contributed by atoms with Crippen LogP contribution in [0, 0.1) is 5.41 Å². The lowest BCUT2D eigenvalue weighted by atomic mass is 9.96. The van der Waals surface area contributed by atoms with Gasteiger partial charge in [-0.1, -0.05) is 23.7 Å². The fourth-order valence-electron chi connectivity index (χ4n) is 2.56. The van der Waals surface area contributed by atoms with E-state index in [1.54, 1.807) is 39.8 Å². The van der Waals surface area contributed by atoms with E-state index < -0.39 is 17.5 Å². The minimum Gasteiger partial charge on any atom is -0.444 e. The Morgan fingerprint density at radius 2 is 1.97 bits per heavy atom. The van der Waals surface area contributed by atoms with Gasteiger partial charge in [0, 0.05) is 35.1 Å². The first-order valence-corrected chi connectivity index (χ1v) is 13.0. The van der Waals surface area contributed by atoms with Gasteiger partial charge in [0.2, 0.25) is 5.78 Å². The summed E-state index contributed by atoms with van der Waals surface area (Å²) < 4.78 is 5.26. The predicted molar refractivity (Wildman–Crippen MR) is 127 cm³/mol. The highest BCUT2D eigenvalue weighted by atomic mass is 127. The zero-order chi connectivity index (χ0) is 21.8. The first kappa shape index (κ1) is 23.5. The number of hydrogen-bond acceptors (Lipinski definition) is 6. The molecular weight excluding hydrogens is 526 g/mol. The summed E-state index contributed by atoms with van der Waals surface area (Å²) >= 11 is 8.20. The number of benzene rings is 1.